The van der Waals surface area contributed by atoms with Crippen LogP contribution in [0.3, 0.4) is 0 Å². The molecule has 0 aliphatic carbocycles. The molecule has 3 nitrogen and oxygen atoms in total. The molecule has 0 radical (unpaired) electrons. The second-order valence-electron chi connectivity index (χ2n) is 5.25. The van der Waals surface area contributed by atoms with E-state index in [0.29, 0.717) is 0 Å². The Morgan fingerprint density at radius 3 is 2.33 bits per heavy atom. The Hall–Kier alpha value is -0.570. The lowest BCUT2D eigenvalue weighted by molar-refractivity contribution is -0.126. The number of nitrogens with zero attached hydrogens (tertiary/aromatic N) is 1. The minimum absolute atomic E-state index is 0.0456. The predicted octanol–water partition coefficient (Wildman–Crippen LogP) is 2.02. The van der Waals surface area contributed by atoms with Crippen LogP contribution >= 0.6 is 0 Å². The highest BCUT2D eigenvalue weighted by molar-refractivity contribution is 5.81. The van der Waals surface area contributed by atoms with Crippen LogP contribution in [0.15, 0.2) is 0 Å². The standard InChI is InChI=1S/C12H26N2O/c1-7-8-9-14(6)10(2)11(15)13-12(3,4)5/h10H,7-9H2,1-6H3,(H,13,15). The fraction of sp³-hybridized carbons (Fsp3) is 0.917. The van der Waals surface area contributed by atoms with Crippen LogP contribution in [0.5, 0.6) is 0 Å². The van der Waals surface area contributed by atoms with Crippen molar-refractivity contribution < 1.29 is 4.79 Å². The molecule has 15 heavy (non-hydrogen) atoms. The normalized spacial score (nSPS) is 14.1. The van der Waals surface area contributed by atoms with Crippen molar-refractivity contribution in [3.05, 3.63) is 0 Å². The van der Waals surface area contributed by atoms with Gasteiger partial charge in [0.25, 0.3) is 0 Å². The summed E-state index contributed by atoms with van der Waals surface area (Å²) in [5.41, 5.74) is -0.142. The lowest BCUT2D eigenvalue weighted by atomic mass is 10.1. The van der Waals surface area contributed by atoms with Gasteiger partial charge in [0, 0.05) is 5.54 Å². The van der Waals surface area contributed by atoms with Gasteiger partial charge in [-0.1, -0.05) is 13.3 Å². The molecule has 0 saturated heterocycles. The highest BCUT2D eigenvalue weighted by Crippen LogP contribution is 2.03. The minimum Gasteiger partial charge on any atom is -0.350 e. The second kappa shape index (κ2) is 6.11. The quantitative estimate of drug-likeness (QED) is 0.759. The number of hydrogen-bond acceptors (Lipinski definition) is 2. The van der Waals surface area contributed by atoms with Gasteiger partial charge >= 0.3 is 0 Å². The Labute approximate surface area is 94.2 Å². The summed E-state index contributed by atoms with van der Waals surface area (Å²) >= 11 is 0. The summed E-state index contributed by atoms with van der Waals surface area (Å²) in [6.07, 6.45) is 2.31. The number of likely N-dealkylation sites (N-methyl/N-ethyl adjacent to an activating group) is 1. The van der Waals surface area contributed by atoms with Crippen LogP contribution in [-0.4, -0.2) is 36.0 Å². The summed E-state index contributed by atoms with van der Waals surface area (Å²) in [6, 6.07) is -0.0456. The molecule has 0 heterocycles. The van der Waals surface area contributed by atoms with Crippen LogP contribution < -0.4 is 5.32 Å². The number of unbranched alkanes of at least 4 members (excludes halogenated alkanes) is 1. The third-order valence-corrected chi connectivity index (χ3v) is 2.40. The van der Waals surface area contributed by atoms with Crippen molar-refractivity contribution in [2.24, 2.45) is 0 Å². The van der Waals surface area contributed by atoms with E-state index in [1.54, 1.807) is 0 Å². The van der Waals surface area contributed by atoms with Gasteiger partial charge < -0.3 is 5.32 Å². The molecule has 0 aromatic carbocycles. The fourth-order valence-corrected chi connectivity index (χ4v) is 1.28. The summed E-state index contributed by atoms with van der Waals surface area (Å²) in [5, 5.41) is 3.00. The average Bonchev–Trinajstić information content (AvgIpc) is 2.10. The van der Waals surface area contributed by atoms with E-state index >= 15 is 0 Å². The van der Waals surface area contributed by atoms with Gasteiger partial charge in [-0.2, -0.15) is 0 Å². The predicted molar refractivity (Wildman–Crippen MR) is 64.9 cm³/mol. The summed E-state index contributed by atoms with van der Waals surface area (Å²) in [6.45, 7) is 11.1. The van der Waals surface area contributed by atoms with Gasteiger partial charge in [-0.15, -0.1) is 0 Å². The monoisotopic (exact) mass is 214 g/mol. The number of nitrogens with one attached hydrogen (secondary N) is 1. The van der Waals surface area contributed by atoms with Crippen LogP contribution in [0.2, 0.25) is 0 Å². The van der Waals surface area contributed by atoms with Crippen LogP contribution in [0.4, 0.5) is 0 Å². The van der Waals surface area contributed by atoms with Crippen molar-refractivity contribution in [1.82, 2.24) is 10.2 Å². The fourth-order valence-electron chi connectivity index (χ4n) is 1.28. The molecule has 0 aromatic rings. The van der Waals surface area contributed by atoms with Crippen LogP contribution in [0.25, 0.3) is 0 Å². The number of rotatable bonds is 5. The van der Waals surface area contributed by atoms with Gasteiger partial charge in [0.15, 0.2) is 0 Å². The van der Waals surface area contributed by atoms with Gasteiger partial charge in [0.05, 0.1) is 6.04 Å². The molecule has 3 heteroatoms. The highest BCUT2D eigenvalue weighted by atomic mass is 16.2. The lowest BCUT2D eigenvalue weighted by Gasteiger charge is -2.28. The van der Waals surface area contributed by atoms with Crippen LogP contribution in [-0.2, 0) is 4.79 Å². The van der Waals surface area contributed by atoms with Crippen molar-refractivity contribution in [2.45, 2.75) is 59.0 Å². The third kappa shape index (κ3) is 6.50. The molecule has 90 valence electrons. The first-order valence-electron chi connectivity index (χ1n) is 5.80. The van der Waals surface area contributed by atoms with Crippen molar-refractivity contribution in [3.8, 4) is 0 Å². The summed E-state index contributed by atoms with van der Waals surface area (Å²) in [7, 11) is 2.00. The molecule has 0 bridgehead atoms. The molecule has 0 aliphatic heterocycles. The summed E-state index contributed by atoms with van der Waals surface area (Å²) < 4.78 is 0. The zero-order valence-corrected chi connectivity index (χ0v) is 11.1. The zero-order chi connectivity index (χ0) is 12.1. The largest absolute Gasteiger partial charge is 0.350 e. The first kappa shape index (κ1) is 14.4. The van der Waals surface area contributed by atoms with E-state index in [9.17, 15) is 4.79 Å². The molecule has 0 rings (SSSR count). The topological polar surface area (TPSA) is 32.3 Å². The first-order chi connectivity index (χ1) is 6.78. The van der Waals surface area contributed by atoms with Gasteiger partial charge in [0.2, 0.25) is 5.91 Å². The maximum Gasteiger partial charge on any atom is 0.237 e. The molecule has 1 atom stereocenters. The van der Waals surface area contributed by atoms with Crippen molar-refractivity contribution in [2.75, 3.05) is 13.6 Å². The smallest absolute Gasteiger partial charge is 0.237 e. The van der Waals surface area contributed by atoms with Crippen LogP contribution in [0.1, 0.15) is 47.5 Å². The second-order valence-corrected chi connectivity index (χ2v) is 5.25. The number of carbonyl (C=O) groups excluding carboxylic acids is 1. The van der Waals surface area contributed by atoms with E-state index in [1.165, 1.54) is 0 Å². The van der Waals surface area contributed by atoms with Gasteiger partial charge in [-0.05, 0) is 47.7 Å². The van der Waals surface area contributed by atoms with E-state index in [1.807, 2.05) is 34.7 Å². The van der Waals surface area contributed by atoms with Gasteiger partial charge in [-0.3, -0.25) is 9.69 Å². The van der Waals surface area contributed by atoms with E-state index < -0.39 is 0 Å². The van der Waals surface area contributed by atoms with E-state index in [0.717, 1.165) is 19.4 Å². The molecule has 1 amide bonds. The highest BCUT2D eigenvalue weighted by Gasteiger charge is 2.21. The van der Waals surface area contributed by atoms with Crippen molar-refractivity contribution >= 4 is 5.91 Å². The Morgan fingerprint density at radius 2 is 1.93 bits per heavy atom. The maximum atomic E-state index is 11.8. The molecular formula is C12H26N2O. The zero-order valence-electron chi connectivity index (χ0n) is 11.1. The Kier molecular flexibility index (Phi) is 5.88. The van der Waals surface area contributed by atoms with E-state index in [2.05, 4.69) is 17.1 Å². The number of carbonyl (C=O) groups is 1. The summed E-state index contributed by atoms with van der Waals surface area (Å²) in [4.78, 5) is 13.9. The first-order valence-corrected chi connectivity index (χ1v) is 5.80. The lowest BCUT2D eigenvalue weighted by Crippen LogP contribution is -2.50. The van der Waals surface area contributed by atoms with Crippen molar-refractivity contribution in [3.63, 3.8) is 0 Å². The van der Waals surface area contributed by atoms with E-state index in [4.69, 9.17) is 0 Å². The minimum atomic E-state index is -0.142. The Bertz CT molecular complexity index is 196. The third-order valence-electron chi connectivity index (χ3n) is 2.40. The van der Waals surface area contributed by atoms with Crippen molar-refractivity contribution in [1.29, 1.82) is 0 Å². The summed E-state index contributed by atoms with van der Waals surface area (Å²) in [5.74, 6) is 0.112. The number of hydrogen-bond donors (Lipinski definition) is 1. The molecule has 0 aliphatic rings. The molecular weight excluding hydrogens is 188 g/mol. The van der Waals surface area contributed by atoms with Gasteiger partial charge in [-0.25, -0.2) is 0 Å². The SMILES string of the molecule is CCCCN(C)C(C)C(=O)NC(C)(C)C. The maximum absolute atomic E-state index is 11.8. The molecule has 0 saturated carbocycles. The molecule has 1 unspecified atom stereocenters. The molecule has 1 N–H and O–H groups in total. The van der Waals surface area contributed by atoms with E-state index in [-0.39, 0.29) is 17.5 Å². The molecule has 0 fully saturated rings. The van der Waals surface area contributed by atoms with Gasteiger partial charge in [0.1, 0.15) is 0 Å². The Morgan fingerprint density at radius 1 is 1.40 bits per heavy atom. The Balaban J connectivity index is 4.08. The number of amides is 1. The molecule has 0 aromatic heterocycles. The average molecular weight is 214 g/mol. The van der Waals surface area contributed by atoms with Crippen LogP contribution in [0, 0.1) is 0 Å². The molecule has 0 spiro atoms.